The van der Waals surface area contributed by atoms with E-state index >= 15 is 0 Å². The first-order chi connectivity index (χ1) is 11.1. The van der Waals surface area contributed by atoms with Crippen molar-refractivity contribution in [2.45, 2.75) is 19.8 Å². The lowest BCUT2D eigenvalue weighted by atomic mass is 10.3. The van der Waals surface area contributed by atoms with Gasteiger partial charge in [0.05, 0.1) is 30.9 Å². The minimum Gasteiger partial charge on any atom is -0.383 e. The van der Waals surface area contributed by atoms with Crippen LogP contribution >= 0.6 is 0 Å². The van der Waals surface area contributed by atoms with Crippen LogP contribution in [0.2, 0.25) is 0 Å². The molecular weight excluding hydrogens is 316 g/mol. The van der Waals surface area contributed by atoms with E-state index in [0.717, 1.165) is 51.5 Å². The number of anilines is 2. The third-order valence-electron chi connectivity index (χ3n) is 3.65. The van der Waals surface area contributed by atoms with Crippen molar-refractivity contribution in [2.75, 3.05) is 55.2 Å². The summed E-state index contributed by atoms with van der Waals surface area (Å²) in [4.78, 5) is 6.50. The highest BCUT2D eigenvalue weighted by atomic mass is 32.2. The smallest absolute Gasteiger partial charge is 0.233 e. The second-order valence-corrected chi connectivity index (χ2v) is 7.43. The topological polar surface area (TPSA) is 83.6 Å². The fourth-order valence-corrected chi connectivity index (χ4v) is 3.50. The Labute approximate surface area is 138 Å². The van der Waals surface area contributed by atoms with E-state index in [1.807, 2.05) is 13.0 Å². The van der Waals surface area contributed by atoms with Crippen LogP contribution in [0.15, 0.2) is 18.3 Å². The molecule has 0 atom stereocenters. The molecule has 0 amide bonds. The molecule has 0 aromatic carbocycles. The summed E-state index contributed by atoms with van der Waals surface area (Å²) in [6.07, 6.45) is 3.15. The molecule has 0 bridgehead atoms. The molecule has 23 heavy (non-hydrogen) atoms. The lowest BCUT2D eigenvalue weighted by Crippen LogP contribution is -2.39. The van der Waals surface area contributed by atoms with Gasteiger partial charge in [0.1, 0.15) is 5.82 Å². The third kappa shape index (κ3) is 6.72. The van der Waals surface area contributed by atoms with E-state index in [1.54, 1.807) is 12.3 Å². The summed E-state index contributed by atoms with van der Waals surface area (Å²) >= 11 is 0. The van der Waals surface area contributed by atoms with Crippen molar-refractivity contribution in [1.82, 2.24) is 9.88 Å². The minimum atomic E-state index is -3.29. The molecule has 0 aliphatic carbocycles. The van der Waals surface area contributed by atoms with Gasteiger partial charge in [-0.25, -0.2) is 13.4 Å². The standard InChI is InChI=1S/C15H26N4O3S/c1-2-3-12-23(20,21)18-15-5-4-14(13-17-15)16-6-7-19-8-10-22-11-9-19/h4-5,13,16H,2-3,6-12H2,1H3,(H,17,18). The van der Waals surface area contributed by atoms with Gasteiger partial charge in [0.15, 0.2) is 0 Å². The largest absolute Gasteiger partial charge is 0.383 e. The molecule has 130 valence electrons. The summed E-state index contributed by atoms with van der Waals surface area (Å²) in [5.41, 5.74) is 0.884. The normalized spacial score (nSPS) is 16.2. The van der Waals surface area contributed by atoms with Crippen LogP contribution in [0.25, 0.3) is 0 Å². The number of sulfonamides is 1. The number of ether oxygens (including phenoxy) is 1. The monoisotopic (exact) mass is 342 g/mol. The third-order valence-corrected chi connectivity index (χ3v) is 5.00. The Hall–Kier alpha value is -1.38. The molecule has 7 nitrogen and oxygen atoms in total. The van der Waals surface area contributed by atoms with Gasteiger partial charge in [0, 0.05) is 26.2 Å². The summed E-state index contributed by atoms with van der Waals surface area (Å²) in [5, 5.41) is 3.29. The van der Waals surface area contributed by atoms with Crippen LogP contribution in [0, 0.1) is 0 Å². The predicted octanol–water partition coefficient (Wildman–Crippen LogP) is 1.37. The van der Waals surface area contributed by atoms with Crippen molar-refractivity contribution in [3.63, 3.8) is 0 Å². The van der Waals surface area contributed by atoms with Crippen molar-refractivity contribution in [3.05, 3.63) is 18.3 Å². The van der Waals surface area contributed by atoms with E-state index in [4.69, 9.17) is 4.74 Å². The molecule has 0 radical (unpaired) electrons. The number of nitrogens with one attached hydrogen (secondary N) is 2. The lowest BCUT2D eigenvalue weighted by molar-refractivity contribution is 0.0398. The average Bonchev–Trinajstić information content (AvgIpc) is 2.55. The highest BCUT2D eigenvalue weighted by Gasteiger charge is 2.11. The summed E-state index contributed by atoms with van der Waals surface area (Å²) in [7, 11) is -3.29. The molecule has 0 saturated carbocycles. The molecular formula is C15H26N4O3S. The van der Waals surface area contributed by atoms with E-state index in [9.17, 15) is 8.42 Å². The molecule has 2 N–H and O–H groups in total. The zero-order valence-electron chi connectivity index (χ0n) is 13.6. The molecule has 8 heteroatoms. The number of pyridine rings is 1. The lowest BCUT2D eigenvalue weighted by Gasteiger charge is -2.26. The zero-order valence-corrected chi connectivity index (χ0v) is 14.4. The summed E-state index contributed by atoms with van der Waals surface area (Å²) in [5.74, 6) is 0.491. The Balaban J connectivity index is 1.75. The number of morpholine rings is 1. The highest BCUT2D eigenvalue weighted by molar-refractivity contribution is 7.92. The predicted molar refractivity (Wildman–Crippen MR) is 92.3 cm³/mol. The molecule has 1 fully saturated rings. The second-order valence-electron chi connectivity index (χ2n) is 5.59. The molecule has 0 unspecified atom stereocenters. The Bertz CT molecular complexity index is 557. The van der Waals surface area contributed by atoms with Crippen LogP contribution in [0.1, 0.15) is 19.8 Å². The maximum absolute atomic E-state index is 11.8. The molecule has 0 spiro atoms. The Kier molecular flexibility index (Phi) is 7.07. The summed E-state index contributed by atoms with van der Waals surface area (Å²) in [6.45, 7) is 7.28. The van der Waals surface area contributed by atoms with Crippen LogP contribution < -0.4 is 10.0 Å². The zero-order chi connectivity index (χ0) is 16.5. The quantitative estimate of drug-likeness (QED) is 0.705. The number of hydrogen-bond donors (Lipinski definition) is 2. The number of hydrogen-bond acceptors (Lipinski definition) is 6. The van der Waals surface area contributed by atoms with Crippen LogP contribution in [-0.4, -0.2) is 63.4 Å². The average molecular weight is 342 g/mol. The van der Waals surface area contributed by atoms with Crippen LogP contribution in [0.5, 0.6) is 0 Å². The Morgan fingerprint density at radius 2 is 2.09 bits per heavy atom. The maximum atomic E-state index is 11.8. The van der Waals surface area contributed by atoms with E-state index in [2.05, 4.69) is 19.9 Å². The molecule has 1 aromatic rings. The highest BCUT2D eigenvalue weighted by Crippen LogP contribution is 2.11. The van der Waals surface area contributed by atoms with Gasteiger partial charge in [-0.2, -0.15) is 0 Å². The van der Waals surface area contributed by atoms with Crippen molar-refractivity contribution < 1.29 is 13.2 Å². The first kappa shape index (κ1) is 18.0. The first-order valence-electron chi connectivity index (χ1n) is 8.09. The summed E-state index contributed by atoms with van der Waals surface area (Å²) in [6, 6.07) is 3.52. The van der Waals surface area contributed by atoms with Gasteiger partial charge < -0.3 is 10.1 Å². The minimum absolute atomic E-state index is 0.130. The van der Waals surface area contributed by atoms with Crippen molar-refractivity contribution in [2.24, 2.45) is 0 Å². The van der Waals surface area contributed by atoms with Crippen LogP contribution in [0.4, 0.5) is 11.5 Å². The van der Waals surface area contributed by atoms with E-state index in [1.165, 1.54) is 0 Å². The number of unbranched alkanes of at least 4 members (excludes halogenated alkanes) is 1. The van der Waals surface area contributed by atoms with Gasteiger partial charge in [-0.15, -0.1) is 0 Å². The van der Waals surface area contributed by atoms with Crippen molar-refractivity contribution >= 4 is 21.5 Å². The van der Waals surface area contributed by atoms with Gasteiger partial charge >= 0.3 is 0 Å². The fraction of sp³-hybridized carbons (Fsp3) is 0.667. The van der Waals surface area contributed by atoms with E-state index in [-0.39, 0.29) is 5.75 Å². The van der Waals surface area contributed by atoms with Gasteiger partial charge in [-0.05, 0) is 18.6 Å². The number of aromatic nitrogens is 1. The van der Waals surface area contributed by atoms with Crippen molar-refractivity contribution in [3.8, 4) is 0 Å². The Morgan fingerprint density at radius 1 is 1.30 bits per heavy atom. The van der Waals surface area contributed by atoms with Gasteiger partial charge in [-0.3, -0.25) is 9.62 Å². The molecule has 1 aliphatic heterocycles. The summed E-state index contributed by atoms with van der Waals surface area (Å²) < 4.78 is 31.4. The van der Waals surface area contributed by atoms with Gasteiger partial charge in [-0.1, -0.05) is 13.3 Å². The molecule has 1 aromatic heterocycles. The molecule has 2 rings (SSSR count). The first-order valence-corrected chi connectivity index (χ1v) is 9.75. The van der Waals surface area contributed by atoms with Gasteiger partial charge in [0.2, 0.25) is 10.0 Å². The SMILES string of the molecule is CCCCS(=O)(=O)Nc1ccc(NCCN2CCOCC2)cn1. The van der Waals surface area contributed by atoms with Crippen LogP contribution in [-0.2, 0) is 14.8 Å². The Morgan fingerprint density at radius 3 is 2.74 bits per heavy atom. The maximum Gasteiger partial charge on any atom is 0.233 e. The van der Waals surface area contributed by atoms with Crippen LogP contribution in [0.3, 0.4) is 0 Å². The van der Waals surface area contributed by atoms with E-state index < -0.39 is 10.0 Å². The van der Waals surface area contributed by atoms with Crippen molar-refractivity contribution in [1.29, 1.82) is 0 Å². The molecule has 2 heterocycles. The second kappa shape index (κ2) is 9.05. The number of rotatable bonds is 9. The number of nitrogens with zero attached hydrogens (tertiary/aromatic N) is 2. The van der Waals surface area contributed by atoms with Gasteiger partial charge in [0.25, 0.3) is 0 Å². The molecule has 1 saturated heterocycles. The fourth-order valence-electron chi connectivity index (χ4n) is 2.29. The molecule has 1 aliphatic rings. The van der Waals surface area contributed by atoms with E-state index in [0.29, 0.717) is 12.2 Å².